The Morgan fingerprint density at radius 2 is 1.89 bits per heavy atom. The standard InChI is InChI=1S/C24H24ClF3N4O3/c1-34-17-9-8-15(12-18(17)35-2)16-13-19(24(26,27)28)32-22(30-16)20(25)21(31-32)23(33)29-11-10-14-6-4-3-5-7-14/h3-9,12,16,19,30H,10-11,13H2,1-2H3,(H,29,33)/t16-,19+/m0/s1. The summed E-state index contributed by atoms with van der Waals surface area (Å²) in [5.74, 6) is 0.141. The van der Waals surface area contributed by atoms with E-state index in [0.717, 1.165) is 10.2 Å². The zero-order chi connectivity index (χ0) is 25.2. The summed E-state index contributed by atoms with van der Waals surface area (Å²) in [6, 6.07) is 11.7. The first-order chi connectivity index (χ1) is 16.7. The van der Waals surface area contributed by atoms with E-state index in [-0.39, 0.29) is 29.5 Å². The van der Waals surface area contributed by atoms with Crippen LogP contribution in [0.25, 0.3) is 0 Å². The van der Waals surface area contributed by atoms with E-state index >= 15 is 0 Å². The first-order valence-electron chi connectivity index (χ1n) is 10.9. The number of carbonyl (C=O) groups is 1. The average Bonchev–Trinajstić information content (AvgIpc) is 3.19. The number of hydrogen-bond acceptors (Lipinski definition) is 5. The lowest BCUT2D eigenvalue weighted by Crippen LogP contribution is -2.36. The Balaban J connectivity index is 1.60. The summed E-state index contributed by atoms with van der Waals surface area (Å²) in [4.78, 5) is 12.7. The predicted octanol–water partition coefficient (Wildman–Crippen LogP) is 5.19. The van der Waals surface area contributed by atoms with Gasteiger partial charge in [0.2, 0.25) is 0 Å². The third-order valence-corrected chi connectivity index (χ3v) is 6.22. The normalized spacial score (nSPS) is 17.3. The lowest BCUT2D eigenvalue weighted by atomic mass is 9.96. The molecule has 2 atom stereocenters. The maximum absolute atomic E-state index is 14.0. The van der Waals surface area contributed by atoms with Crippen molar-refractivity contribution in [2.75, 3.05) is 26.1 Å². The van der Waals surface area contributed by atoms with Crippen LogP contribution in [-0.4, -0.2) is 42.6 Å². The van der Waals surface area contributed by atoms with Crippen LogP contribution in [-0.2, 0) is 6.42 Å². The van der Waals surface area contributed by atoms with Crippen LogP contribution in [0, 0.1) is 0 Å². The van der Waals surface area contributed by atoms with Crippen LogP contribution in [0.4, 0.5) is 19.0 Å². The van der Waals surface area contributed by atoms with Crippen LogP contribution in [0.1, 0.15) is 40.1 Å². The Hall–Kier alpha value is -3.40. The van der Waals surface area contributed by atoms with E-state index in [0.29, 0.717) is 23.5 Å². The molecule has 1 aliphatic heterocycles. The molecule has 0 bridgehead atoms. The number of amides is 1. The molecule has 0 radical (unpaired) electrons. The number of rotatable bonds is 7. The Morgan fingerprint density at radius 1 is 1.17 bits per heavy atom. The van der Waals surface area contributed by atoms with Crippen molar-refractivity contribution >= 4 is 23.3 Å². The molecule has 35 heavy (non-hydrogen) atoms. The first-order valence-corrected chi connectivity index (χ1v) is 11.3. The summed E-state index contributed by atoms with van der Waals surface area (Å²) in [6.07, 6.45) is -4.40. The first kappa shape index (κ1) is 24.7. The molecule has 1 aliphatic rings. The van der Waals surface area contributed by atoms with Gasteiger partial charge in [0.1, 0.15) is 10.8 Å². The quantitative estimate of drug-likeness (QED) is 0.459. The molecular formula is C24H24ClF3N4O3. The lowest BCUT2D eigenvalue weighted by Gasteiger charge is -2.33. The number of fused-ring (bicyclic) bond motifs is 1. The van der Waals surface area contributed by atoms with Gasteiger partial charge in [0.15, 0.2) is 23.2 Å². The average molecular weight is 509 g/mol. The molecule has 1 aromatic heterocycles. The molecule has 0 unspecified atom stereocenters. The number of nitrogens with zero attached hydrogens (tertiary/aromatic N) is 2. The van der Waals surface area contributed by atoms with Crippen molar-refractivity contribution in [3.63, 3.8) is 0 Å². The molecule has 1 amide bonds. The van der Waals surface area contributed by atoms with Crippen LogP contribution < -0.4 is 20.1 Å². The number of ether oxygens (including phenoxy) is 2. The number of aromatic nitrogens is 2. The summed E-state index contributed by atoms with van der Waals surface area (Å²) in [7, 11) is 2.92. The Kier molecular flexibility index (Phi) is 7.11. The van der Waals surface area contributed by atoms with Crippen molar-refractivity contribution in [1.82, 2.24) is 15.1 Å². The predicted molar refractivity (Wildman–Crippen MR) is 125 cm³/mol. The van der Waals surface area contributed by atoms with Gasteiger partial charge in [0, 0.05) is 13.0 Å². The molecule has 0 spiro atoms. The van der Waals surface area contributed by atoms with E-state index in [1.807, 2.05) is 30.3 Å². The second-order valence-corrected chi connectivity index (χ2v) is 8.43. The van der Waals surface area contributed by atoms with Gasteiger partial charge in [-0.2, -0.15) is 18.3 Å². The highest BCUT2D eigenvalue weighted by molar-refractivity contribution is 6.36. The smallest absolute Gasteiger partial charge is 0.410 e. The molecule has 0 aliphatic carbocycles. The molecule has 0 saturated heterocycles. The zero-order valence-corrected chi connectivity index (χ0v) is 19.8. The van der Waals surface area contributed by atoms with Crippen molar-refractivity contribution in [3.05, 3.63) is 70.4 Å². The third-order valence-electron chi connectivity index (χ3n) is 5.86. The number of benzene rings is 2. The zero-order valence-electron chi connectivity index (χ0n) is 19.0. The maximum Gasteiger partial charge on any atom is 0.410 e. The molecule has 186 valence electrons. The van der Waals surface area contributed by atoms with Gasteiger partial charge in [-0.3, -0.25) is 4.79 Å². The van der Waals surface area contributed by atoms with E-state index in [1.165, 1.54) is 14.2 Å². The van der Waals surface area contributed by atoms with Crippen LogP contribution in [0.15, 0.2) is 48.5 Å². The van der Waals surface area contributed by atoms with Crippen LogP contribution in [0.3, 0.4) is 0 Å². The van der Waals surface area contributed by atoms with Crippen molar-refractivity contribution in [3.8, 4) is 11.5 Å². The van der Waals surface area contributed by atoms with E-state index < -0.39 is 24.2 Å². The minimum absolute atomic E-state index is 0.0618. The molecule has 7 nitrogen and oxygen atoms in total. The van der Waals surface area contributed by atoms with Gasteiger partial charge in [-0.05, 0) is 29.7 Å². The Labute approximate surface area is 205 Å². The van der Waals surface area contributed by atoms with E-state index in [1.54, 1.807) is 18.2 Å². The maximum atomic E-state index is 14.0. The number of alkyl halides is 3. The Morgan fingerprint density at radius 3 is 2.54 bits per heavy atom. The fourth-order valence-electron chi connectivity index (χ4n) is 4.07. The van der Waals surface area contributed by atoms with E-state index in [4.69, 9.17) is 21.1 Å². The Bertz CT molecular complexity index is 1200. The largest absolute Gasteiger partial charge is 0.493 e. The van der Waals surface area contributed by atoms with Crippen molar-refractivity contribution in [2.24, 2.45) is 0 Å². The summed E-state index contributed by atoms with van der Waals surface area (Å²) in [5.41, 5.74) is 1.30. The topological polar surface area (TPSA) is 77.4 Å². The van der Waals surface area contributed by atoms with E-state index in [2.05, 4.69) is 15.7 Å². The van der Waals surface area contributed by atoms with Gasteiger partial charge in [-0.15, -0.1) is 0 Å². The third kappa shape index (κ3) is 5.17. The number of halogens is 4. The minimum Gasteiger partial charge on any atom is -0.493 e. The second-order valence-electron chi connectivity index (χ2n) is 8.05. The monoisotopic (exact) mass is 508 g/mol. The minimum atomic E-state index is -4.61. The highest BCUT2D eigenvalue weighted by Crippen LogP contribution is 2.47. The van der Waals surface area contributed by atoms with Crippen LogP contribution >= 0.6 is 11.6 Å². The van der Waals surface area contributed by atoms with Crippen molar-refractivity contribution in [2.45, 2.75) is 31.1 Å². The van der Waals surface area contributed by atoms with Gasteiger partial charge in [-0.1, -0.05) is 48.0 Å². The molecule has 11 heteroatoms. The van der Waals surface area contributed by atoms with Crippen molar-refractivity contribution < 1.29 is 27.4 Å². The van der Waals surface area contributed by atoms with Gasteiger partial charge >= 0.3 is 6.18 Å². The number of carbonyl (C=O) groups excluding carboxylic acids is 1. The van der Waals surface area contributed by atoms with Gasteiger partial charge < -0.3 is 20.1 Å². The highest BCUT2D eigenvalue weighted by Gasteiger charge is 2.48. The molecule has 2 N–H and O–H groups in total. The van der Waals surface area contributed by atoms with Crippen LogP contribution in [0.2, 0.25) is 5.02 Å². The second kappa shape index (κ2) is 10.1. The summed E-state index contributed by atoms with van der Waals surface area (Å²) >= 11 is 6.39. The van der Waals surface area contributed by atoms with Gasteiger partial charge in [0.05, 0.1) is 20.3 Å². The number of anilines is 1. The lowest BCUT2D eigenvalue weighted by molar-refractivity contribution is -0.173. The molecule has 0 fully saturated rings. The van der Waals surface area contributed by atoms with Gasteiger partial charge in [0.25, 0.3) is 5.91 Å². The number of nitrogens with one attached hydrogen (secondary N) is 2. The summed E-state index contributed by atoms with van der Waals surface area (Å²) in [6.45, 7) is 0.283. The number of hydrogen-bond donors (Lipinski definition) is 2. The summed E-state index contributed by atoms with van der Waals surface area (Å²) in [5, 5.41) is 9.50. The molecule has 4 rings (SSSR count). The molecule has 2 aromatic carbocycles. The molecular weight excluding hydrogens is 485 g/mol. The summed E-state index contributed by atoms with van der Waals surface area (Å²) < 4.78 is 53.3. The molecule has 3 aromatic rings. The van der Waals surface area contributed by atoms with Crippen LogP contribution in [0.5, 0.6) is 11.5 Å². The molecule has 2 heterocycles. The van der Waals surface area contributed by atoms with E-state index in [9.17, 15) is 18.0 Å². The van der Waals surface area contributed by atoms with Gasteiger partial charge in [-0.25, -0.2) is 4.68 Å². The number of methoxy groups -OCH3 is 2. The molecule has 0 saturated carbocycles. The SMILES string of the molecule is COc1ccc([C@@H]2C[C@H](C(F)(F)F)n3nc(C(=O)NCCc4ccccc4)c(Cl)c3N2)cc1OC. The fourth-order valence-corrected chi connectivity index (χ4v) is 4.34. The van der Waals surface area contributed by atoms with Crippen molar-refractivity contribution in [1.29, 1.82) is 0 Å². The highest BCUT2D eigenvalue weighted by atomic mass is 35.5. The fraction of sp³-hybridized carbons (Fsp3) is 0.333.